The van der Waals surface area contributed by atoms with E-state index in [0.29, 0.717) is 10.7 Å². The van der Waals surface area contributed by atoms with Crippen molar-refractivity contribution in [3.05, 3.63) is 41.8 Å². The second kappa shape index (κ2) is 3.15. The van der Waals surface area contributed by atoms with Crippen molar-refractivity contribution < 1.29 is 4.42 Å². The number of anilines is 1. The summed E-state index contributed by atoms with van der Waals surface area (Å²) in [6, 6.07) is 7.49. The van der Waals surface area contributed by atoms with Crippen molar-refractivity contribution in [2.24, 2.45) is 0 Å². The number of hydrogen-bond acceptors (Lipinski definition) is 2. The lowest BCUT2D eigenvalue weighted by atomic mass is 10.1. The monoisotopic (exact) mass is 193 g/mol. The molecule has 13 heavy (non-hydrogen) atoms. The molecule has 0 aliphatic heterocycles. The van der Waals surface area contributed by atoms with Gasteiger partial charge in [-0.15, -0.1) is 0 Å². The zero-order chi connectivity index (χ0) is 9.26. The van der Waals surface area contributed by atoms with Gasteiger partial charge < -0.3 is 10.2 Å². The van der Waals surface area contributed by atoms with Crippen molar-refractivity contribution in [1.82, 2.24) is 0 Å². The largest absolute Gasteiger partial charge is 0.470 e. The van der Waals surface area contributed by atoms with Gasteiger partial charge in [0, 0.05) is 10.6 Å². The van der Waals surface area contributed by atoms with Crippen LogP contribution in [0.3, 0.4) is 0 Å². The third-order valence-electron chi connectivity index (χ3n) is 1.83. The van der Waals surface area contributed by atoms with Crippen molar-refractivity contribution >= 4 is 17.3 Å². The maximum atomic E-state index is 5.84. The molecule has 0 aliphatic rings. The van der Waals surface area contributed by atoms with Crippen LogP contribution in [0.4, 0.5) is 5.69 Å². The number of furan rings is 1. The minimum absolute atomic E-state index is 0.627. The van der Waals surface area contributed by atoms with Crippen LogP contribution in [0.15, 0.2) is 41.2 Å². The van der Waals surface area contributed by atoms with Gasteiger partial charge in [-0.3, -0.25) is 0 Å². The summed E-state index contributed by atoms with van der Waals surface area (Å²) in [6.07, 6.45) is 3.12. The third-order valence-corrected chi connectivity index (χ3v) is 2.06. The highest BCUT2D eigenvalue weighted by Crippen LogP contribution is 2.28. The number of rotatable bonds is 1. The fourth-order valence-electron chi connectivity index (χ4n) is 1.20. The van der Waals surface area contributed by atoms with Crippen molar-refractivity contribution in [2.45, 2.75) is 0 Å². The van der Waals surface area contributed by atoms with E-state index in [2.05, 4.69) is 0 Å². The lowest BCUT2D eigenvalue weighted by molar-refractivity contribution is 0.569. The van der Waals surface area contributed by atoms with E-state index in [4.69, 9.17) is 21.8 Å². The fraction of sp³-hybridized carbons (Fsp3) is 0. The van der Waals surface area contributed by atoms with Gasteiger partial charge in [-0.1, -0.05) is 23.7 Å². The minimum Gasteiger partial charge on any atom is -0.470 e. The van der Waals surface area contributed by atoms with Crippen LogP contribution in [0.2, 0.25) is 5.02 Å². The average molecular weight is 194 g/mol. The minimum atomic E-state index is 0.627. The molecular formula is C10H8ClNO. The standard InChI is InChI=1S/C10H8ClNO/c11-8-3-1-2-7(4-8)9-5-13-6-10(9)12/h1-6H,12H2. The molecule has 0 amide bonds. The molecule has 0 unspecified atom stereocenters. The molecule has 0 spiro atoms. The van der Waals surface area contributed by atoms with E-state index < -0.39 is 0 Å². The molecule has 2 nitrogen and oxygen atoms in total. The van der Waals surface area contributed by atoms with Crippen LogP contribution >= 0.6 is 11.6 Å². The SMILES string of the molecule is Nc1cocc1-c1cccc(Cl)c1. The molecule has 0 saturated carbocycles. The van der Waals surface area contributed by atoms with Crippen LogP contribution in [0, 0.1) is 0 Å². The van der Waals surface area contributed by atoms with E-state index in [1.54, 1.807) is 6.26 Å². The molecule has 1 aromatic heterocycles. The first-order chi connectivity index (χ1) is 6.27. The Morgan fingerprint density at radius 2 is 2.08 bits per heavy atom. The molecule has 66 valence electrons. The van der Waals surface area contributed by atoms with Crippen molar-refractivity contribution in [3.63, 3.8) is 0 Å². The maximum Gasteiger partial charge on any atom is 0.114 e. The van der Waals surface area contributed by atoms with Crippen molar-refractivity contribution in [1.29, 1.82) is 0 Å². The average Bonchev–Trinajstić information content (AvgIpc) is 2.51. The summed E-state index contributed by atoms with van der Waals surface area (Å²) < 4.78 is 4.97. The predicted molar refractivity (Wildman–Crippen MR) is 53.6 cm³/mol. The number of benzene rings is 1. The molecule has 3 heteroatoms. The Kier molecular flexibility index (Phi) is 1.99. The van der Waals surface area contributed by atoms with Crippen LogP contribution < -0.4 is 5.73 Å². The number of halogens is 1. The van der Waals surface area contributed by atoms with E-state index in [0.717, 1.165) is 11.1 Å². The molecule has 2 N–H and O–H groups in total. The zero-order valence-electron chi connectivity index (χ0n) is 6.83. The predicted octanol–water partition coefficient (Wildman–Crippen LogP) is 3.18. The topological polar surface area (TPSA) is 39.2 Å². The van der Waals surface area contributed by atoms with Crippen LogP contribution in [0.1, 0.15) is 0 Å². The maximum absolute atomic E-state index is 5.84. The van der Waals surface area contributed by atoms with Gasteiger partial charge in [0.25, 0.3) is 0 Å². The molecular weight excluding hydrogens is 186 g/mol. The first-order valence-electron chi connectivity index (χ1n) is 3.85. The molecule has 0 aliphatic carbocycles. The Morgan fingerprint density at radius 3 is 2.69 bits per heavy atom. The Balaban J connectivity index is 2.53. The third kappa shape index (κ3) is 1.53. The van der Waals surface area contributed by atoms with Gasteiger partial charge in [0.2, 0.25) is 0 Å². The van der Waals surface area contributed by atoms with Crippen molar-refractivity contribution in [3.8, 4) is 11.1 Å². The second-order valence-corrected chi connectivity index (χ2v) is 3.19. The first kappa shape index (κ1) is 8.20. The summed E-state index contributed by atoms with van der Waals surface area (Å²) >= 11 is 5.84. The van der Waals surface area contributed by atoms with Gasteiger partial charge in [-0.25, -0.2) is 0 Å². The highest BCUT2D eigenvalue weighted by Gasteiger charge is 2.04. The highest BCUT2D eigenvalue weighted by atomic mass is 35.5. The molecule has 2 rings (SSSR count). The molecule has 0 saturated heterocycles. The normalized spacial score (nSPS) is 10.2. The van der Waals surface area contributed by atoms with Gasteiger partial charge >= 0.3 is 0 Å². The quantitative estimate of drug-likeness (QED) is 0.756. The summed E-state index contributed by atoms with van der Waals surface area (Å²) in [5.74, 6) is 0. The van der Waals surface area contributed by atoms with Gasteiger partial charge in [-0.05, 0) is 17.7 Å². The summed E-state index contributed by atoms with van der Waals surface area (Å²) in [5.41, 5.74) is 8.16. The highest BCUT2D eigenvalue weighted by molar-refractivity contribution is 6.30. The summed E-state index contributed by atoms with van der Waals surface area (Å²) in [5, 5.41) is 0.693. The fourth-order valence-corrected chi connectivity index (χ4v) is 1.39. The van der Waals surface area contributed by atoms with E-state index in [1.807, 2.05) is 24.3 Å². The van der Waals surface area contributed by atoms with Crippen molar-refractivity contribution in [2.75, 3.05) is 5.73 Å². The Morgan fingerprint density at radius 1 is 1.23 bits per heavy atom. The Bertz CT molecular complexity index is 422. The molecule has 1 heterocycles. The Hall–Kier alpha value is -1.41. The zero-order valence-corrected chi connectivity index (χ0v) is 7.58. The lowest BCUT2D eigenvalue weighted by Gasteiger charge is -1.98. The van der Waals surface area contributed by atoms with Crippen LogP contribution in [-0.4, -0.2) is 0 Å². The molecule has 0 atom stereocenters. The Labute approximate surface area is 80.9 Å². The van der Waals surface area contributed by atoms with E-state index in [9.17, 15) is 0 Å². The number of hydrogen-bond donors (Lipinski definition) is 1. The van der Waals surface area contributed by atoms with Gasteiger partial charge in [0.15, 0.2) is 0 Å². The lowest BCUT2D eigenvalue weighted by Crippen LogP contribution is -1.84. The summed E-state index contributed by atoms with van der Waals surface area (Å²) in [7, 11) is 0. The van der Waals surface area contributed by atoms with Crippen LogP contribution in [0.5, 0.6) is 0 Å². The van der Waals surface area contributed by atoms with E-state index >= 15 is 0 Å². The number of nitrogens with two attached hydrogens (primary N) is 1. The van der Waals surface area contributed by atoms with Gasteiger partial charge in [0.1, 0.15) is 12.5 Å². The first-order valence-corrected chi connectivity index (χ1v) is 4.23. The second-order valence-electron chi connectivity index (χ2n) is 2.75. The molecule has 0 radical (unpaired) electrons. The summed E-state index contributed by atoms with van der Waals surface area (Å²) in [6.45, 7) is 0. The smallest absolute Gasteiger partial charge is 0.114 e. The number of nitrogen functional groups attached to an aromatic ring is 1. The van der Waals surface area contributed by atoms with E-state index in [-0.39, 0.29) is 0 Å². The molecule has 2 aromatic rings. The van der Waals surface area contributed by atoms with Gasteiger partial charge in [0.05, 0.1) is 5.69 Å². The molecule has 1 aromatic carbocycles. The van der Waals surface area contributed by atoms with Gasteiger partial charge in [-0.2, -0.15) is 0 Å². The molecule has 0 bridgehead atoms. The summed E-state index contributed by atoms with van der Waals surface area (Å²) in [4.78, 5) is 0. The van der Waals surface area contributed by atoms with E-state index in [1.165, 1.54) is 6.26 Å². The van der Waals surface area contributed by atoms with Crippen LogP contribution in [-0.2, 0) is 0 Å². The molecule has 0 fully saturated rings. The van der Waals surface area contributed by atoms with Crippen LogP contribution in [0.25, 0.3) is 11.1 Å².